The smallest absolute Gasteiger partial charge is 0.547 e. The Labute approximate surface area is 168 Å². The minimum Gasteiger partial charge on any atom is -0.547 e. The molecule has 23 heavy (non-hydrogen) atoms. The average Bonchev–Trinajstić information content (AvgIpc) is 2.84. The van der Waals surface area contributed by atoms with Crippen LogP contribution in [0.1, 0.15) is 6.92 Å². The normalized spacial score (nSPS) is 24.9. The van der Waals surface area contributed by atoms with Crippen molar-refractivity contribution in [1.29, 1.82) is 0 Å². The topological polar surface area (TPSA) is 179 Å². The number of hydrogen-bond donors (Lipinski definition) is 2. The summed E-state index contributed by atoms with van der Waals surface area (Å²) in [5, 5.41) is 25.3. The van der Waals surface area contributed by atoms with Gasteiger partial charge in [0.25, 0.3) is 11.8 Å². The molecule has 2 heterocycles. The number of urea groups is 2. The van der Waals surface area contributed by atoms with Crippen molar-refractivity contribution in [3.8, 4) is 0 Å². The number of rotatable bonds is 4. The summed E-state index contributed by atoms with van der Waals surface area (Å²) in [6.45, 7) is 1.07. The van der Waals surface area contributed by atoms with Crippen LogP contribution in [0.3, 0.4) is 0 Å². The van der Waals surface area contributed by atoms with Crippen molar-refractivity contribution in [2.45, 2.75) is 25.2 Å². The van der Waals surface area contributed by atoms with E-state index in [0.29, 0.717) is 9.80 Å². The van der Waals surface area contributed by atoms with E-state index >= 15 is 0 Å². The van der Waals surface area contributed by atoms with Gasteiger partial charge in [0, 0.05) is 0 Å². The number of carbonyl (C=O) groups excluding carboxylic acids is 6. The molecule has 12 nitrogen and oxygen atoms in total. The monoisotopic (exact) mass is 450 g/mol. The Hall–Kier alpha value is -1.61. The number of nitrogens with zero attached hydrogens (tertiary/aromatic N) is 2. The summed E-state index contributed by atoms with van der Waals surface area (Å²) in [7, 11) is 0. The van der Waals surface area contributed by atoms with Crippen LogP contribution in [0.15, 0.2) is 0 Å². The van der Waals surface area contributed by atoms with Crippen molar-refractivity contribution in [3.05, 3.63) is 0 Å². The maximum atomic E-state index is 11.7. The van der Waals surface area contributed by atoms with E-state index in [1.807, 2.05) is 0 Å². The first kappa shape index (κ1) is 19.4. The number of hydrogen-bond acceptors (Lipinski definition) is 8. The molecule has 0 aromatic carbocycles. The Morgan fingerprint density at radius 3 is 1.48 bits per heavy atom. The Morgan fingerprint density at radius 2 is 1.22 bits per heavy atom. The van der Waals surface area contributed by atoms with Crippen LogP contribution in [0.25, 0.3) is 0 Å². The van der Waals surface area contributed by atoms with Gasteiger partial charge in [-0.2, -0.15) is 0 Å². The summed E-state index contributed by atoms with van der Waals surface area (Å²) >= 11 is 0. The van der Waals surface area contributed by atoms with Gasteiger partial charge in [-0.3, -0.25) is 30.0 Å². The maximum Gasteiger partial charge on any atom is 2.00 e. The van der Waals surface area contributed by atoms with Crippen molar-refractivity contribution in [2.75, 3.05) is 0 Å². The van der Waals surface area contributed by atoms with Gasteiger partial charge in [-0.25, -0.2) is 9.59 Å². The van der Waals surface area contributed by atoms with Gasteiger partial charge in [0.2, 0.25) is 0 Å². The molecule has 0 aromatic heterocycles. The molecule has 6 amide bonds. The van der Waals surface area contributed by atoms with Gasteiger partial charge in [0.15, 0.2) is 12.1 Å². The van der Waals surface area contributed by atoms with E-state index in [9.17, 15) is 39.0 Å². The predicted molar refractivity (Wildman–Crippen MR) is 63.6 cm³/mol. The van der Waals surface area contributed by atoms with Gasteiger partial charge in [-0.15, -0.1) is 0 Å². The fourth-order valence-electron chi connectivity index (χ4n) is 2.31. The Bertz CT molecular complexity index is 570. The van der Waals surface area contributed by atoms with Gasteiger partial charge < -0.3 is 19.8 Å². The van der Waals surface area contributed by atoms with Gasteiger partial charge in [0.1, 0.15) is 6.17 Å². The molecule has 2 aliphatic rings. The predicted octanol–water partition coefficient (Wildman–Crippen LogP) is -5.71. The van der Waals surface area contributed by atoms with Gasteiger partial charge >= 0.3 is 60.9 Å². The number of nitrogens with one attached hydrogen (secondary N) is 2. The van der Waals surface area contributed by atoms with Crippen molar-refractivity contribution >= 4 is 84.7 Å². The second kappa shape index (κ2) is 6.88. The van der Waals surface area contributed by atoms with E-state index in [-0.39, 0.29) is 48.9 Å². The third-order valence-electron chi connectivity index (χ3n) is 3.23. The molecule has 0 radical (unpaired) electrons. The SMILES string of the molecule is CC(N1C(=O)NC(=O)C1C(=O)[O-])N1C(=O)NC(=O)C1C(=O)[O-].[Ba+2]. The molecule has 2 aliphatic heterocycles. The third kappa shape index (κ3) is 3.20. The first-order chi connectivity index (χ1) is 10.2. The molecular formula is C10H8BaN4O8. The number of amides is 6. The number of carboxylic acids is 2. The molecule has 13 heteroatoms. The fraction of sp³-hybridized carbons (Fsp3) is 0.400. The van der Waals surface area contributed by atoms with E-state index in [2.05, 4.69) is 0 Å². The maximum absolute atomic E-state index is 11.7. The summed E-state index contributed by atoms with van der Waals surface area (Å²) in [5.74, 6) is -6.25. The zero-order chi connectivity index (χ0) is 16.8. The van der Waals surface area contributed by atoms with Crippen molar-refractivity contribution in [3.63, 3.8) is 0 Å². The molecule has 0 saturated carbocycles. The van der Waals surface area contributed by atoms with E-state index in [1.165, 1.54) is 0 Å². The molecule has 2 N–H and O–H groups in total. The number of aliphatic carboxylic acids is 2. The minimum absolute atomic E-state index is 0. The van der Waals surface area contributed by atoms with Gasteiger partial charge in [-0.05, 0) is 6.92 Å². The first-order valence-corrected chi connectivity index (χ1v) is 5.85. The Kier molecular flexibility index (Phi) is 5.81. The average molecular weight is 450 g/mol. The zero-order valence-corrected chi connectivity index (χ0v) is 16.0. The van der Waals surface area contributed by atoms with E-state index < -0.39 is 54.1 Å². The van der Waals surface area contributed by atoms with Crippen LogP contribution in [0.2, 0.25) is 0 Å². The second-order valence-corrected chi connectivity index (χ2v) is 4.48. The number of imide groups is 2. The summed E-state index contributed by atoms with van der Waals surface area (Å²) in [6.07, 6.45) is -1.54. The molecule has 2 rings (SSSR count). The molecule has 2 atom stereocenters. The molecular weight excluding hydrogens is 441 g/mol. The fourth-order valence-corrected chi connectivity index (χ4v) is 2.31. The van der Waals surface area contributed by atoms with Crippen LogP contribution >= 0.6 is 0 Å². The van der Waals surface area contributed by atoms with Crippen LogP contribution in [-0.4, -0.2) is 113 Å². The number of carboxylic acid groups (broad SMARTS) is 2. The molecule has 2 unspecified atom stereocenters. The summed E-state index contributed by atoms with van der Waals surface area (Å²) in [5.41, 5.74) is 0. The van der Waals surface area contributed by atoms with E-state index in [0.717, 1.165) is 6.92 Å². The second-order valence-electron chi connectivity index (χ2n) is 4.48. The summed E-state index contributed by atoms with van der Waals surface area (Å²) in [6, 6.07) is -6.46. The quantitative estimate of drug-likeness (QED) is 0.242. The van der Waals surface area contributed by atoms with Crippen LogP contribution in [-0.2, 0) is 19.2 Å². The van der Waals surface area contributed by atoms with Crippen LogP contribution in [0.5, 0.6) is 0 Å². The summed E-state index contributed by atoms with van der Waals surface area (Å²) in [4.78, 5) is 68.9. The van der Waals surface area contributed by atoms with E-state index in [4.69, 9.17) is 0 Å². The third-order valence-corrected chi connectivity index (χ3v) is 3.23. The van der Waals surface area contributed by atoms with Crippen molar-refractivity contribution in [1.82, 2.24) is 20.4 Å². The van der Waals surface area contributed by atoms with Crippen LogP contribution in [0.4, 0.5) is 9.59 Å². The van der Waals surface area contributed by atoms with Gasteiger partial charge in [0.05, 0.1) is 11.9 Å². The molecule has 118 valence electrons. The first-order valence-electron chi connectivity index (χ1n) is 5.85. The zero-order valence-electron chi connectivity index (χ0n) is 11.6. The number of carbonyl (C=O) groups is 6. The van der Waals surface area contributed by atoms with Crippen LogP contribution in [0, 0.1) is 0 Å². The standard InChI is InChI=1S/C10H10N4O8.Ba/c1-2(13-3(7(17)18)5(15)11-9(13)21)14-4(8(19)20)6(16)12-10(14)22;/h2-4H,1H3,(H,17,18)(H,19,20)(H,11,15,21)(H,12,16,22);/q;+2/p-2. The minimum atomic E-state index is -2.06. The Balaban J connectivity index is 0.00000264. The molecule has 2 fully saturated rings. The van der Waals surface area contributed by atoms with Crippen molar-refractivity contribution in [2.24, 2.45) is 0 Å². The van der Waals surface area contributed by atoms with Crippen LogP contribution < -0.4 is 20.8 Å². The molecule has 0 bridgehead atoms. The Morgan fingerprint density at radius 1 is 0.913 bits per heavy atom. The van der Waals surface area contributed by atoms with Crippen molar-refractivity contribution < 1.29 is 39.0 Å². The molecule has 0 aliphatic carbocycles. The molecule has 0 aromatic rings. The molecule has 2 saturated heterocycles. The van der Waals surface area contributed by atoms with E-state index in [1.54, 1.807) is 10.6 Å². The molecule has 0 spiro atoms. The van der Waals surface area contributed by atoms with Gasteiger partial charge in [-0.1, -0.05) is 0 Å². The summed E-state index contributed by atoms with van der Waals surface area (Å²) < 4.78 is 0. The largest absolute Gasteiger partial charge is 2.00 e.